The van der Waals surface area contributed by atoms with Gasteiger partial charge in [0.25, 0.3) is 0 Å². The van der Waals surface area contributed by atoms with Gasteiger partial charge in [-0.2, -0.15) is 0 Å². The Labute approximate surface area is 229 Å². The Bertz CT molecular complexity index is 1090. The number of ether oxygens (including phenoxy) is 2. The van der Waals surface area contributed by atoms with Crippen LogP contribution in [0.3, 0.4) is 0 Å². The number of aryl methyl sites for hydroxylation is 3. The summed E-state index contributed by atoms with van der Waals surface area (Å²) in [6, 6.07) is 8.37. The molecule has 2 rings (SSSR count). The number of aromatic nitrogens is 1. The molecule has 0 radical (unpaired) electrons. The fraction of sp³-hybridized carbons (Fsp3) is 0.556. The minimum Gasteiger partial charge on any atom is -0.392 e. The van der Waals surface area contributed by atoms with E-state index in [0.29, 0.717) is 18.1 Å². The smallest absolute Gasteiger partial charge is 0.392 e. The molecule has 0 fully saturated rings. The number of hydrogen-bond donors (Lipinski definition) is 4. The lowest BCUT2D eigenvalue weighted by Gasteiger charge is -2.42. The van der Waals surface area contributed by atoms with Crippen LogP contribution in [-0.4, -0.2) is 41.1 Å². The maximum atomic E-state index is 12.6. The quantitative estimate of drug-likeness (QED) is 0.235. The molecule has 0 aliphatic rings. The first-order valence-electron chi connectivity index (χ1n) is 12.6. The first-order valence-corrected chi connectivity index (χ1v) is 13.5. The molecular weight excluding hydrogens is 506 g/mol. The van der Waals surface area contributed by atoms with Gasteiger partial charge in [-0.05, 0) is 57.6 Å². The van der Waals surface area contributed by atoms with Crippen LogP contribution in [0.4, 0.5) is 14.7 Å². The summed E-state index contributed by atoms with van der Waals surface area (Å²) in [7, 11) is 0. The lowest BCUT2D eigenvalue weighted by atomic mass is 9.90. The highest BCUT2D eigenvalue weighted by Crippen LogP contribution is 2.33. The van der Waals surface area contributed by atoms with Crippen LogP contribution >= 0.6 is 11.3 Å². The predicted molar refractivity (Wildman–Crippen MR) is 149 cm³/mol. The zero-order valence-electron chi connectivity index (χ0n) is 23.4. The van der Waals surface area contributed by atoms with Gasteiger partial charge in [0.1, 0.15) is 0 Å². The molecule has 0 saturated carbocycles. The van der Waals surface area contributed by atoms with Crippen LogP contribution in [0.1, 0.15) is 71.7 Å². The Morgan fingerprint density at radius 1 is 0.947 bits per heavy atom. The molecule has 10 nitrogen and oxygen atoms in total. The standard InChI is InChI=1S/C27H41N5O5S/c1-18(33)30-23-31-21(17-38-23)15-14-20-12-10-19(11-13-20)9-8-16-29-27(25(2,3)4,36-22(28)34)37-24(35)32-26(5,6)7/h10-13,17,29H,8-9,14-16H2,1-7H3,(H2,28,34)(H,32,35)(H,30,31,33). The fourth-order valence-electron chi connectivity index (χ4n) is 3.59. The van der Waals surface area contributed by atoms with Gasteiger partial charge in [0.15, 0.2) is 5.13 Å². The van der Waals surface area contributed by atoms with Crippen molar-refractivity contribution in [2.24, 2.45) is 11.1 Å². The highest BCUT2D eigenvalue weighted by Gasteiger charge is 2.50. The van der Waals surface area contributed by atoms with Gasteiger partial charge in [-0.15, -0.1) is 11.3 Å². The number of rotatable bonds is 11. The van der Waals surface area contributed by atoms with Gasteiger partial charge in [0, 0.05) is 24.4 Å². The molecule has 0 bridgehead atoms. The van der Waals surface area contributed by atoms with Gasteiger partial charge in [0.2, 0.25) is 5.91 Å². The Hall–Kier alpha value is -3.18. The van der Waals surface area contributed by atoms with E-state index in [1.54, 1.807) is 20.8 Å². The number of nitrogens with zero attached hydrogens (tertiary/aromatic N) is 1. The molecule has 3 amide bonds. The summed E-state index contributed by atoms with van der Waals surface area (Å²) in [6.07, 6.45) is 1.34. The summed E-state index contributed by atoms with van der Waals surface area (Å²) in [5.74, 6) is -1.87. The van der Waals surface area contributed by atoms with Crippen molar-refractivity contribution in [3.63, 3.8) is 0 Å². The van der Waals surface area contributed by atoms with Gasteiger partial charge in [-0.1, -0.05) is 45.0 Å². The van der Waals surface area contributed by atoms with Crippen molar-refractivity contribution in [1.82, 2.24) is 15.6 Å². The molecule has 11 heteroatoms. The average molecular weight is 548 g/mol. The summed E-state index contributed by atoms with van der Waals surface area (Å²) >= 11 is 1.42. The van der Waals surface area contributed by atoms with Crippen molar-refractivity contribution in [2.75, 3.05) is 11.9 Å². The van der Waals surface area contributed by atoms with Crippen LogP contribution in [0.25, 0.3) is 0 Å². The van der Waals surface area contributed by atoms with Crippen molar-refractivity contribution in [2.45, 2.75) is 85.6 Å². The van der Waals surface area contributed by atoms with Crippen LogP contribution in [0.15, 0.2) is 29.6 Å². The van der Waals surface area contributed by atoms with Crippen LogP contribution in [0.5, 0.6) is 0 Å². The molecule has 210 valence electrons. The van der Waals surface area contributed by atoms with Gasteiger partial charge in [-0.25, -0.2) is 19.9 Å². The third kappa shape index (κ3) is 10.3. The summed E-state index contributed by atoms with van der Waals surface area (Å²) in [4.78, 5) is 39.9. The van der Waals surface area contributed by atoms with Crippen molar-refractivity contribution < 1.29 is 23.9 Å². The van der Waals surface area contributed by atoms with E-state index in [1.165, 1.54) is 23.8 Å². The Balaban J connectivity index is 1.93. The minimum atomic E-state index is -1.74. The first-order chi connectivity index (χ1) is 17.6. The topological polar surface area (TPSA) is 145 Å². The number of nitrogens with two attached hydrogens (primary N) is 1. The second kappa shape index (κ2) is 13.1. The van der Waals surface area contributed by atoms with E-state index in [4.69, 9.17) is 15.2 Å². The molecule has 0 aliphatic carbocycles. The zero-order chi connectivity index (χ0) is 28.6. The maximum absolute atomic E-state index is 12.6. The lowest BCUT2D eigenvalue weighted by molar-refractivity contribution is -0.243. The molecule has 0 saturated heterocycles. The number of hydrogen-bond acceptors (Lipinski definition) is 8. The van der Waals surface area contributed by atoms with E-state index in [-0.39, 0.29) is 5.91 Å². The van der Waals surface area contributed by atoms with E-state index in [2.05, 4.69) is 45.2 Å². The molecule has 38 heavy (non-hydrogen) atoms. The molecule has 1 aromatic carbocycles. The number of primary amides is 1. The van der Waals surface area contributed by atoms with Crippen LogP contribution in [0, 0.1) is 5.41 Å². The van der Waals surface area contributed by atoms with E-state index >= 15 is 0 Å². The lowest BCUT2D eigenvalue weighted by Crippen LogP contribution is -2.63. The van der Waals surface area contributed by atoms with Crippen LogP contribution in [0.2, 0.25) is 0 Å². The monoisotopic (exact) mass is 547 g/mol. The normalized spacial score (nSPS) is 13.3. The summed E-state index contributed by atoms with van der Waals surface area (Å²) in [5, 5.41) is 11.1. The summed E-state index contributed by atoms with van der Waals surface area (Å²) in [5.41, 5.74) is 7.30. The Morgan fingerprint density at radius 2 is 1.55 bits per heavy atom. The van der Waals surface area contributed by atoms with Crippen LogP contribution < -0.4 is 21.7 Å². The summed E-state index contributed by atoms with van der Waals surface area (Å²) in [6.45, 7) is 12.7. The molecule has 1 unspecified atom stereocenters. The number of nitrogens with one attached hydrogen (secondary N) is 3. The van der Waals surface area contributed by atoms with Gasteiger partial charge >= 0.3 is 18.1 Å². The predicted octanol–water partition coefficient (Wildman–Crippen LogP) is 4.73. The average Bonchev–Trinajstić information content (AvgIpc) is 3.20. The molecule has 1 aromatic heterocycles. The van der Waals surface area contributed by atoms with E-state index < -0.39 is 29.1 Å². The summed E-state index contributed by atoms with van der Waals surface area (Å²) < 4.78 is 11.0. The zero-order valence-corrected chi connectivity index (χ0v) is 24.2. The third-order valence-corrected chi connectivity index (χ3v) is 6.28. The van der Waals surface area contributed by atoms with E-state index in [9.17, 15) is 14.4 Å². The molecule has 0 aliphatic heterocycles. The SMILES string of the molecule is CC(=O)Nc1nc(CCc2ccc(CCCNC(OC(N)=O)(OC(=O)NC(C)(C)C)C(C)(C)C)cc2)cs1. The molecular formula is C27H41N5O5S. The second-order valence-electron chi connectivity index (χ2n) is 11.2. The number of alkyl carbamates (subject to hydrolysis) is 1. The highest BCUT2D eigenvalue weighted by molar-refractivity contribution is 7.13. The minimum absolute atomic E-state index is 0.125. The van der Waals surface area contributed by atoms with Gasteiger partial charge in [-0.3, -0.25) is 4.79 Å². The molecule has 0 spiro atoms. The van der Waals surface area contributed by atoms with E-state index in [1.807, 2.05) is 26.2 Å². The molecule has 1 heterocycles. The number of thiazole rings is 1. The second-order valence-corrected chi connectivity index (χ2v) is 12.1. The number of carbonyl (C=O) groups excluding carboxylic acids is 3. The van der Waals surface area contributed by atoms with E-state index in [0.717, 1.165) is 30.5 Å². The molecule has 5 N–H and O–H groups in total. The van der Waals surface area contributed by atoms with Gasteiger partial charge < -0.3 is 25.8 Å². The van der Waals surface area contributed by atoms with Crippen molar-refractivity contribution >= 4 is 34.6 Å². The number of carbonyl (C=O) groups is 3. The number of anilines is 1. The highest BCUT2D eigenvalue weighted by atomic mass is 32.1. The third-order valence-electron chi connectivity index (χ3n) is 5.47. The van der Waals surface area contributed by atoms with Crippen LogP contribution in [-0.2, 0) is 33.5 Å². The van der Waals surface area contributed by atoms with Gasteiger partial charge in [0.05, 0.1) is 11.1 Å². The van der Waals surface area contributed by atoms with Crippen molar-refractivity contribution in [3.8, 4) is 0 Å². The molecule has 1 atom stereocenters. The Kier molecular flexibility index (Phi) is 10.7. The van der Waals surface area contributed by atoms with Crippen molar-refractivity contribution in [3.05, 3.63) is 46.5 Å². The maximum Gasteiger partial charge on any atom is 0.411 e. The Morgan fingerprint density at radius 3 is 2.08 bits per heavy atom. The largest absolute Gasteiger partial charge is 0.411 e. The van der Waals surface area contributed by atoms with Crippen molar-refractivity contribution in [1.29, 1.82) is 0 Å². The molecule has 2 aromatic rings. The fourth-order valence-corrected chi connectivity index (χ4v) is 4.38. The number of benzene rings is 1. The number of amides is 3. The first kappa shape index (κ1) is 31.0.